The molecule has 0 saturated carbocycles. The molecule has 122 valence electrons. The minimum absolute atomic E-state index is 0.137. The van der Waals surface area contributed by atoms with Gasteiger partial charge in [0.05, 0.1) is 0 Å². The van der Waals surface area contributed by atoms with Crippen LogP contribution in [0.3, 0.4) is 0 Å². The van der Waals surface area contributed by atoms with E-state index in [0.717, 1.165) is 29.5 Å². The molecule has 0 spiro atoms. The van der Waals surface area contributed by atoms with Crippen molar-refractivity contribution >= 4 is 39.3 Å². The zero-order valence-corrected chi connectivity index (χ0v) is 14.2. The Bertz CT molecular complexity index is 662. The van der Waals surface area contributed by atoms with E-state index in [9.17, 15) is 14.4 Å². The summed E-state index contributed by atoms with van der Waals surface area (Å²) in [4.78, 5) is 37.3. The number of imide groups is 1. The third-order valence-corrected chi connectivity index (χ3v) is 4.72. The van der Waals surface area contributed by atoms with Crippen molar-refractivity contribution < 1.29 is 14.4 Å². The lowest BCUT2D eigenvalue weighted by atomic mass is 10.0. The van der Waals surface area contributed by atoms with E-state index in [0.29, 0.717) is 18.5 Å². The zero-order chi connectivity index (χ0) is 16.4. The van der Waals surface area contributed by atoms with Gasteiger partial charge < -0.3 is 10.2 Å². The summed E-state index contributed by atoms with van der Waals surface area (Å²) >= 11 is 3.39. The molecule has 0 radical (unpaired) electrons. The molecule has 1 aromatic rings. The molecule has 2 aliphatic heterocycles. The molecule has 0 bridgehead atoms. The van der Waals surface area contributed by atoms with Crippen molar-refractivity contribution in [1.29, 1.82) is 0 Å². The van der Waals surface area contributed by atoms with Gasteiger partial charge in [-0.3, -0.25) is 19.7 Å². The maximum atomic E-state index is 12.5. The number of alkyl halides is 1. The maximum Gasteiger partial charge on any atom is 0.255 e. The van der Waals surface area contributed by atoms with Gasteiger partial charge in [0.2, 0.25) is 11.8 Å². The standard InChI is InChI=1S/C16H18BrN3O3/c17-6-1-7-18-11-2-3-12-10(8-11)9-20(16(12)23)13-4-5-14(21)19-15(13)22/h2-3,8,13,18H,1,4-7,9H2,(H,19,21,22). The number of carbonyl (C=O) groups excluding carboxylic acids is 3. The van der Waals surface area contributed by atoms with E-state index in [-0.39, 0.29) is 24.1 Å². The minimum atomic E-state index is -0.558. The molecule has 3 amide bonds. The average Bonchev–Trinajstić information content (AvgIpc) is 2.84. The quantitative estimate of drug-likeness (QED) is 0.463. The topological polar surface area (TPSA) is 78.5 Å². The van der Waals surface area contributed by atoms with Gasteiger partial charge in [0.15, 0.2) is 0 Å². The van der Waals surface area contributed by atoms with Crippen molar-refractivity contribution in [2.75, 3.05) is 17.2 Å². The van der Waals surface area contributed by atoms with E-state index in [4.69, 9.17) is 0 Å². The van der Waals surface area contributed by atoms with E-state index in [1.807, 2.05) is 12.1 Å². The van der Waals surface area contributed by atoms with Gasteiger partial charge in [-0.1, -0.05) is 15.9 Å². The zero-order valence-electron chi connectivity index (χ0n) is 12.6. The van der Waals surface area contributed by atoms with E-state index < -0.39 is 6.04 Å². The Morgan fingerprint density at radius 2 is 2.13 bits per heavy atom. The summed E-state index contributed by atoms with van der Waals surface area (Å²) in [6, 6.07) is 5.10. The van der Waals surface area contributed by atoms with Gasteiger partial charge in [-0.15, -0.1) is 0 Å². The Morgan fingerprint density at radius 3 is 2.87 bits per heavy atom. The third kappa shape index (κ3) is 3.24. The number of halogens is 1. The number of carbonyl (C=O) groups is 3. The number of piperidine rings is 1. The Morgan fingerprint density at radius 1 is 1.30 bits per heavy atom. The van der Waals surface area contributed by atoms with Gasteiger partial charge in [0, 0.05) is 36.1 Å². The molecular weight excluding hydrogens is 362 g/mol. The fraction of sp³-hybridized carbons (Fsp3) is 0.438. The first-order chi connectivity index (χ1) is 11.1. The van der Waals surface area contributed by atoms with Crippen LogP contribution in [-0.2, 0) is 16.1 Å². The van der Waals surface area contributed by atoms with Crippen molar-refractivity contribution in [3.63, 3.8) is 0 Å². The first-order valence-electron chi connectivity index (χ1n) is 7.67. The second-order valence-electron chi connectivity index (χ2n) is 5.74. The van der Waals surface area contributed by atoms with Gasteiger partial charge >= 0.3 is 0 Å². The minimum Gasteiger partial charge on any atom is -0.385 e. The van der Waals surface area contributed by atoms with Crippen molar-refractivity contribution in [3.05, 3.63) is 29.3 Å². The molecule has 2 aliphatic rings. The Hall–Kier alpha value is -1.89. The molecule has 6 nitrogen and oxygen atoms in total. The molecule has 0 aromatic heterocycles. The normalized spacial score (nSPS) is 20.5. The van der Waals surface area contributed by atoms with E-state index >= 15 is 0 Å². The number of amides is 3. The van der Waals surface area contributed by atoms with Gasteiger partial charge in [-0.25, -0.2) is 0 Å². The lowest BCUT2D eigenvalue weighted by Gasteiger charge is -2.29. The predicted octanol–water partition coefficient (Wildman–Crippen LogP) is 1.64. The molecule has 0 aliphatic carbocycles. The molecule has 1 fully saturated rings. The van der Waals surface area contributed by atoms with Crippen LogP contribution in [0.1, 0.15) is 35.2 Å². The molecule has 1 atom stereocenters. The number of anilines is 1. The second kappa shape index (κ2) is 6.70. The second-order valence-corrected chi connectivity index (χ2v) is 6.53. The SMILES string of the molecule is O=C1CCC(N2Cc3cc(NCCCBr)ccc3C2=O)C(=O)N1. The van der Waals surface area contributed by atoms with E-state index in [1.54, 1.807) is 11.0 Å². The first-order valence-corrected chi connectivity index (χ1v) is 8.79. The maximum absolute atomic E-state index is 12.5. The highest BCUT2D eigenvalue weighted by Crippen LogP contribution is 2.29. The highest BCUT2D eigenvalue weighted by molar-refractivity contribution is 9.09. The number of nitrogens with one attached hydrogen (secondary N) is 2. The predicted molar refractivity (Wildman–Crippen MR) is 89.4 cm³/mol. The number of fused-ring (bicyclic) bond motifs is 1. The van der Waals surface area contributed by atoms with Crippen molar-refractivity contribution in [2.45, 2.75) is 31.8 Å². The average molecular weight is 380 g/mol. The number of hydrogen-bond donors (Lipinski definition) is 2. The third-order valence-electron chi connectivity index (χ3n) is 4.16. The number of hydrogen-bond acceptors (Lipinski definition) is 4. The van der Waals surface area contributed by atoms with Crippen molar-refractivity contribution in [1.82, 2.24) is 10.2 Å². The molecule has 23 heavy (non-hydrogen) atoms. The highest BCUT2D eigenvalue weighted by Gasteiger charge is 2.38. The Labute approximate surface area is 142 Å². The fourth-order valence-corrected chi connectivity index (χ4v) is 3.26. The monoisotopic (exact) mass is 379 g/mol. The lowest BCUT2D eigenvalue weighted by molar-refractivity contribution is -0.136. The molecule has 2 N–H and O–H groups in total. The molecule has 1 aromatic carbocycles. The van der Waals surface area contributed by atoms with E-state index in [1.165, 1.54) is 0 Å². The molecular formula is C16H18BrN3O3. The number of nitrogens with zero attached hydrogens (tertiary/aromatic N) is 1. The smallest absolute Gasteiger partial charge is 0.255 e. The van der Waals surface area contributed by atoms with Crippen LogP contribution in [0.2, 0.25) is 0 Å². The summed E-state index contributed by atoms with van der Waals surface area (Å²) in [5.41, 5.74) is 2.53. The molecule has 7 heteroatoms. The Balaban J connectivity index is 1.73. The highest BCUT2D eigenvalue weighted by atomic mass is 79.9. The summed E-state index contributed by atoms with van der Waals surface area (Å²) in [7, 11) is 0. The summed E-state index contributed by atoms with van der Waals surface area (Å²) in [5, 5.41) is 6.56. The van der Waals surface area contributed by atoms with Crippen LogP contribution < -0.4 is 10.6 Å². The van der Waals surface area contributed by atoms with Crippen LogP contribution in [0.25, 0.3) is 0 Å². The van der Waals surface area contributed by atoms with Gasteiger partial charge in [-0.2, -0.15) is 0 Å². The van der Waals surface area contributed by atoms with E-state index in [2.05, 4.69) is 26.6 Å². The molecule has 2 heterocycles. The lowest BCUT2D eigenvalue weighted by Crippen LogP contribution is -2.52. The Kier molecular flexibility index (Phi) is 4.66. The van der Waals surface area contributed by atoms with Crippen LogP contribution in [-0.4, -0.2) is 40.5 Å². The molecule has 1 unspecified atom stereocenters. The van der Waals surface area contributed by atoms with Crippen LogP contribution in [0.15, 0.2) is 18.2 Å². The van der Waals surface area contributed by atoms with Crippen LogP contribution in [0.5, 0.6) is 0 Å². The summed E-state index contributed by atoms with van der Waals surface area (Å²) < 4.78 is 0. The van der Waals surface area contributed by atoms with Crippen LogP contribution >= 0.6 is 15.9 Å². The number of benzene rings is 1. The summed E-state index contributed by atoms with van der Waals surface area (Å²) in [5.74, 6) is -0.784. The van der Waals surface area contributed by atoms with Crippen molar-refractivity contribution in [2.24, 2.45) is 0 Å². The van der Waals surface area contributed by atoms with Crippen LogP contribution in [0, 0.1) is 0 Å². The molecule has 1 saturated heterocycles. The first kappa shape index (κ1) is 16.0. The van der Waals surface area contributed by atoms with Gasteiger partial charge in [0.25, 0.3) is 5.91 Å². The van der Waals surface area contributed by atoms with Gasteiger partial charge in [-0.05, 0) is 36.6 Å². The summed E-state index contributed by atoms with van der Waals surface area (Å²) in [6.07, 6.45) is 1.68. The fourth-order valence-electron chi connectivity index (χ4n) is 2.98. The largest absolute Gasteiger partial charge is 0.385 e. The van der Waals surface area contributed by atoms with Crippen LogP contribution in [0.4, 0.5) is 5.69 Å². The molecule has 3 rings (SSSR count). The van der Waals surface area contributed by atoms with Gasteiger partial charge in [0.1, 0.15) is 6.04 Å². The summed E-state index contributed by atoms with van der Waals surface area (Å²) in [6.45, 7) is 1.27. The number of rotatable bonds is 5. The van der Waals surface area contributed by atoms with Crippen molar-refractivity contribution in [3.8, 4) is 0 Å².